The number of aliphatic carboxylic acids is 1. The number of carbonyl (C=O) groups is 1. The Morgan fingerprint density at radius 3 is 2.53 bits per heavy atom. The Kier molecular flexibility index (Phi) is 4.97. The lowest BCUT2D eigenvalue weighted by molar-refractivity contribution is -0.138. The minimum absolute atomic E-state index is 0.122. The second-order valence-electron chi connectivity index (χ2n) is 3.89. The largest absolute Gasteiger partial charge is 0.481 e. The van der Waals surface area contributed by atoms with Crippen LogP contribution in [0.4, 0.5) is 5.69 Å². The van der Waals surface area contributed by atoms with Crippen LogP contribution in [0, 0.1) is 0 Å². The van der Waals surface area contributed by atoms with Crippen molar-refractivity contribution in [2.45, 2.75) is 19.8 Å². The molecule has 0 saturated heterocycles. The van der Waals surface area contributed by atoms with Crippen molar-refractivity contribution in [1.29, 1.82) is 0 Å². The maximum atomic E-state index is 11.1. The van der Waals surface area contributed by atoms with Crippen LogP contribution >= 0.6 is 0 Å². The Morgan fingerprint density at radius 1 is 1.41 bits per heavy atom. The van der Waals surface area contributed by atoms with E-state index in [1.54, 1.807) is 0 Å². The molecular formula is C13H20N2O2. The summed E-state index contributed by atoms with van der Waals surface area (Å²) in [6.07, 6.45) is 0. The first kappa shape index (κ1) is 13.5. The van der Waals surface area contributed by atoms with Gasteiger partial charge in [-0.1, -0.05) is 12.1 Å². The Morgan fingerprint density at radius 2 is 2.06 bits per heavy atom. The summed E-state index contributed by atoms with van der Waals surface area (Å²) >= 11 is 0. The van der Waals surface area contributed by atoms with Crippen LogP contribution in [0.2, 0.25) is 0 Å². The zero-order valence-corrected chi connectivity index (χ0v) is 10.4. The van der Waals surface area contributed by atoms with E-state index in [2.05, 4.69) is 18.7 Å². The summed E-state index contributed by atoms with van der Waals surface area (Å²) in [5.41, 5.74) is 7.32. The first-order valence-corrected chi connectivity index (χ1v) is 5.91. The van der Waals surface area contributed by atoms with Gasteiger partial charge in [-0.25, -0.2) is 0 Å². The molecule has 0 amide bonds. The SMILES string of the molecule is CCN(CC)c1cccc(C(CN)C(=O)O)c1. The number of carboxylic acids is 1. The van der Waals surface area contributed by atoms with E-state index in [-0.39, 0.29) is 6.54 Å². The van der Waals surface area contributed by atoms with Crippen LogP contribution in [0.25, 0.3) is 0 Å². The Labute approximate surface area is 102 Å². The maximum absolute atomic E-state index is 11.1. The second kappa shape index (κ2) is 6.25. The van der Waals surface area contributed by atoms with Gasteiger partial charge in [0.1, 0.15) is 0 Å². The molecule has 1 unspecified atom stereocenters. The van der Waals surface area contributed by atoms with Crippen molar-refractivity contribution in [2.75, 3.05) is 24.5 Å². The summed E-state index contributed by atoms with van der Waals surface area (Å²) in [5.74, 6) is -1.49. The van der Waals surface area contributed by atoms with E-state index in [0.717, 1.165) is 24.3 Å². The molecule has 1 rings (SSSR count). The molecule has 0 aromatic heterocycles. The number of nitrogens with zero attached hydrogens (tertiary/aromatic N) is 1. The number of hydrogen-bond donors (Lipinski definition) is 2. The van der Waals surface area contributed by atoms with Crippen molar-refractivity contribution in [3.63, 3.8) is 0 Å². The summed E-state index contributed by atoms with van der Waals surface area (Å²) in [6.45, 7) is 6.08. The minimum atomic E-state index is -0.871. The number of nitrogens with two attached hydrogens (primary N) is 1. The van der Waals surface area contributed by atoms with Crippen LogP contribution in [0.1, 0.15) is 25.3 Å². The van der Waals surface area contributed by atoms with Gasteiger partial charge in [-0.2, -0.15) is 0 Å². The highest BCUT2D eigenvalue weighted by Gasteiger charge is 2.18. The van der Waals surface area contributed by atoms with Gasteiger partial charge in [0.05, 0.1) is 5.92 Å². The molecule has 1 atom stereocenters. The van der Waals surface area contributed by atoms with E-state index in [1.807, 2.05) is 24.3 Å². The van der Waals surface area contributed by atoms with E-state index in [4.69, 9.17) is 10.8 Å². The molecule has 3 N–H and O–H groups in total. The van der Waals surface area contributed by atoms with E-state index in [0.29, 0.717) is 0 Å². The van der Waals surface area contributed by atoms with Crippen LogP contribution in [0.15, 0.2) is 24.3 Å². The van der Waals surface area contributed by atoms with Crippen LogP contribution in [0.3, 0.4) is 0 Å². The van der Waals surface area contributed by atoms with E-state index >= 15 is 0 Å². The number of anilines is 1. The summed E-state index contributed by atoms with van der Waals surface area (Å²) < 4.78 is 0. The molecule has 1 aromatic carbocycles. The van der Waals surface area contributed by atoms with Gasteiger partial charge in [0.15, 0.2) is 0 Å². The molecule has 0 spiro atoms. The zero-order chi connectivity index (χ0) is 12.8. The lowest BCUT2D eigenvalue weighted by Crippen LogP contribution is -2.24. The fraction of sp³-hybridized carbons (Fsp3) is 0.462. The molecular weight excluding hydrogens is 216 g/mol. The quantitative estimate of drug-likeness (QED) is 0.788. The van der Waals surface area contributed by atoms with Crippen LogP contribution in [-0.2, 0) is 4.79 Å². The number of carboxylic acid groups (broad SMARTS) is 1. The molecule has 0 bridgehead atoms. The third-order valence-electron chi connectivity index (χ3n) is 2.93. The molecule has 0 aliphatic rings. The summed E-state index contributed by atoms with van der Waals surface area (Å²) in [7, 11) is 0. The Balaban J connectivity index is 3.03. The predicted octanol–water partition coefficient (Wildman–Crippen LogP) is 1.66. The fourth-order valence-corrected chi connectivity index (χ4v) is 1.91. The van der Waals surface area contributed by atoms with E-state index in [1.165, 1.54) is 0 Å². The van der Waals surface area contributed by atoms with Crippen molar-refractivity contribution in [2.24, 2.45) is 5.73 Å². The van der Waals surface area contributed by atoms with Crippen molar-refractivity contribution in [1.82, 2.24) is 0 Å². The van der Waals surface area contributed by atoms with Crippen molar-refractivity contribution in [3.05, 3.63) is 29.8 Å². The van der Waals surface area contributed by atoms with Crippen LogP contribution in [-0.4, -0.2) is 30.7 Å². The smallest absolute Gasteiger partial charge is 0.312 e. The molecule has 0 aliphatic heterocycles. The maximum Gasteiger partial charge on any atom is 0.312 e. The van der Waals surface area contributed by atoms with E-state index < -0.39 is 11.9 Å². The average Bonchev–Trinajstić information content (AvgIpc) is 2.31. The predicted molar refractivity (Wildman–Crippen MR) is 69.4 cm³/mol. The monoisotopic (exact) mass is 236 g/mol. The van der Waals surface area contributed by atoms with Crippen LogP contribution in [0.5, 0.6) is 0 Å². The van der Waals surface area contributed by atoms with Gasteiger partial charge in [-0.15, -0.1) is 0 Å². The second-order valence-corrected chi connectivity index (χ2v) is 3.89. The summed E-state index contributed by atoms with van der Waals surface area (Å²) in [4.78, 5) is 13.2. The van der Waals surface area contributed by atoms with Gasteiger partial charge in [0.2, 0.25) is 0 Å². The van der Waals surface area contributed by atoms with Gasteiger partial charge in [0.25, 0.3) is 0 Å². The fourth-order valence-electron chi connectivity index (χ4n) is 1.91. The van der Waals surface area contributed by atoms with Gasteiger partial charge in [-0.3, -0.25) is 4.79 Å². The first-order chi connectivity index (χ1) is 8.13. The summed E-state index contributed by atoms with van der Waals surface area (Å²) in [6, 6.07) is 7.61. The topological polar surface area (TPSA) is 66.6 Å². The van der Waals surface area contributed by atoms with E-state index in [9.17, 15) is 4.79 Å². The first-order valence-electron chi connectivity index (χ1n) is 5.91. The molecule has 94 valence electrons. The van der Waals surface area contributed by atoms with Gasteiger partial charge >= 0.3 is 5.97 Å². The highest BCUT2D eigenvalue weighted by molar-refractivity contribution is 5.77. The lowest BCUT2D eigenvalue weighted by Gasteiger charge is -2.22. The minimum Gasteiger partial charge on any atom is -0.481 e. The molecule has 4 nitrogen and oxygen atoms in total. The highest BCUT2D eigenvalue weighted by Crippen LogP contribution is 2.21. The number of benzene rings is 1. The third kappa shape index (κ3) is 3.20. The molecule has 0 saturated carbocycles. The standard InChI is InChI=1S/C13H20N2O2/c1-3-15(4-2)11-7-5-6-10(8-11)12(9-14)13(16)17/h5-8,12H,3-4,9,14H2,1-2H3,(H,16,17). The Bertz CT molecular complexity index is 375. The molecule has 0 aliphatic carbocycles. The zero-order valence-electron chi connectivity index (χ0n) is 10.4. The van der Waals surface area contributed by atoms with Gasteiger partial charge in [-0.05, 0) is 31.5 Å². The van der Waals surface area contributed by atoms with Crippen LogP contribution < -0.4 is 10.6 Å². The molecule has 0 radical (unpaired) electrons. The highest BCUT2D eigenvalue weighted by atomic mass is 16.4. The van der Waals surface area contributed by atoms with Crippen molar-refractivity contribution in [3.8, 4) is 0 Å². The van der Waals surface area contributed by atoms with Crippen molar-refractivity contribution >= 4 is 11.7 Å². The number of hydrogen-bond acceptors (Lipinski definition) is 3. The van der Waals surface area contributed by atoms with Gasteiger partial charge < -0.3 is 15.7 Å². The van der Waals surface area contributed by atoms with Gasteiger partial charge in [0, 0.05) is 25.3 Å². The molecule has 0 fully saturated rings. The normalized spacial score (nSPS) is 12.2. The Hall–Kier alpha value is -1.55. The number of rotatable bonds is 6. The molecule has 4 heteroatoms. The third-order valence-corrected chi connectivity index (χ3v) is 2.93. The average molecular weight is 236 g/mol. The lowest BCUT2D eigenvalue weighted by atomic mass is 9.99. The van der Waals surface area contributed by atoms with Crippen molar-refractivity contribution < 1.29 is 9.90 Å². The molecule has 0 heterocycles. The summed E-state index contributed by atoms with van der Waals surface area (Å²) in [5, 5.41) is 9.08. The molecule has 1 aromatic rings. The molecule has 17 heavy (non-hydrogen) atoms.